The topological polar surface area (TPSA) is 73.8 Å². The molecule has 1 atom stereocenters. The highest BCUT2D eigenvalue weighted by Gasteiger charge is 2.37. The molecule has 1 aliphatic carbocycles. The molecule has 2 aromatic rings. The zero-order chi connectivity index (χ0) is 25.8. The molecule has 0 unspecified atom stereocenters. The maximum absolute atomic E-state index is 14.9. The van der Waals surface area contributed by atoms with Crippen LogP contribution in [-0.4, -0.2) is 62.2 Å². The molecule has 3 heterocycles. The summed E-state index contributed by atoms with van der Waals surface area (Å²) in [6.45, 7) is 2.97. The molecular weight excluding hydrogens is 500 g/mol. The molecule has 0 N–H and O–H groups in total. The first-order chi connectivity index (χ1) is 17.0. The van der Waals surface area contributed by atoms with Crippen LogP contribution in [0.15, 0.2) is 30.5 Å². The minimum absolute atomic E-state index is 0.00298. The fourth-order valence-corrected chi connectivity index (χ4v) is 6.84. The lowest BCUT2D eigenvalue weighted by Crippen LogP contribution is -2.49. The van der Waals surface area contributed by atoms with Gasteiger partial charge in [-0.15, -0.1) is 0 Å². The number of sulfonamides is 1. The van der Waals surface area contributed by atoms with E-state index in [0.29, 0.717) is 30.9 Å². The molecule has 194 valence electrons. The fraction of sp³-hybridized carbons (Fsp3) is 0.500. The Morgan fingerprint density at radius 3 is 2.31 bits per heavy atom. The number of halogens is 4. The van der Waals surface area contributed by atoms with E-state index in [1.54, 1.807) is 6.92 Å². The van der Waals surface area contributed by atoms with Crippen LogP contribution in [0.3, 0.4) is 0 Å². The van der Waals surface area contributed by atoms with Crippen LogP contribution in [0.5, 0.6) is 0 Å². The molecular formula is C24H26F4N4O3S. The van der Waals surface area contributed by atoms with E-state index < -0.39 is 33.5 Å². The molecule has 0 radical (unpaired) electrons. The van der Waals surface area contributed by atoms with Crippen LogP contribution in [0, 0.1) is 5.82 Å². The van der Waals surface area contributed by atoms with Crippen molar-refractivity contribution in [1.29, 1.82) is 0 Å². The van der Waals surface area contributed by atoms with Crippen LogP contribution in [0.1, 0.15) is 53.6 Å². The monoisotopic (exact) mass is 526 g/mol. The van der Waals surface area contributed by atoms with Crippen molar-refractivity contribution < 1.29 is 30.8 Å². The second kappa shape index (κ2) is 8.89. The van der Waals surface area contributed by atoms with Gasteiger partial charge in [-0.2, -0.15) is 13.2 Å². The third-order valence-electron chi connectivity index (χ3n) is 7.04. The van der Waals surface area contributed by atoms with Gasteiger partial charge >= 0.3 is 6.18 Å². The summed E-state index contributed by atoms with van der Waals surface area (Å²) < 4.78 is 80.2. The third kappa shape index (κ3) is 4.62. The van der Waals surface area contributed by atoms with E-state index in [1.807, 2.05) is 4.90 Å². The average Bonchev–Trinajstić information content (AvgIpc) is 3.63. The van der Waals surface area contributed by atoms with Gasteiger partial charge < -0.3 is 9.80 Å². The maximum atomic E-state index is 14.9. The number of alkyl halides is 3. The zero-order valence-electron chi connectivity index (χ0n) is 19.6. The molecule has 12 heteroatoms. The molecule has 3 aliphatic rings. The number of rotatable bonds is 4. The van der Waals surface area contributed by atoms with Gasteiger partial charge in [0.05, 0.1) is 22.6 Å². The summed E-state index contributed by atoms with van der Waals surface area (Å²) in [5, 5.41) is 0. The van der Waals surface area contributed by atoms with Crippen molar-refractivity contribution in [3.63, 3.8) is 0 Å². The number of piperazine rings is 1. The predicted molar refractivity (Wildman–Crippen MR) is 126 cm³/mol. The molecule has 2 aliphatic heterocycles. The van der Waals surface area contributed by atoms with Gasteiger partial charge in [-0.25, -0.2) is 17.8 Å². The Morgan fingerprint density at radius 1 is 1.06 bits per heavy atom. The summed E-state index contributed by atoms with van der Waals surface area (Å²) in [6, 6.07) is 4.72. The summed E-state index contributed by atoms with van der Waals surface area (Å²) in [7, 11) is -3.51. The van der Waals surface area contributed by atoms with E-state index >= 15 is 0 Å². The molecule has 1 saturated carbocycles. The smallest absolute Gasteiger partial charge is 0.353 e. The first-order valence-corrected chi connectivity index (χ1v) is 13.5. The van der Waals surface area contributed by atoms with Crippen molar-refractivity contribution in [3.8, 4) is 0 Å². The van der Waals surface area contributed by atoms with Crippen molar-refractivity contribution in [2.75, 3.05) is 41.1 Å². The molecule has 1 aromatic carbocycles. The predicted octanol–water partition coefficient (Wildman–Crippen LogP) is 4.01. The maximum Gasteiger partial charge on any atom is 0.417 e. The Kier molecular flexibility index (Phi) is 6.12. The van der Waals surface area contributed by atoms with Crippen molar-refractivity contribution in [1.82, 2.24) is 9.88 Å². The lowest BCUT2D eigenvalue weighted by molar-refractivity contribution is -0.137. The van der Waals surface area contributed by atoms with E-state index in [1.165, 1.54) is 27.4 Å². The lowest BCUT2D eigenvalue weighted by atomic mass is 10.1. The molecule has 7 nitrogen and oxygen atoms in total. The van der Waals surface area contributed by atoms with Crippen LogP contribution in [0.4, 0.5) is 29.1 Å². The van der Waals surface area contributed by atoms with Crippen molar-refractivity contribution >= 4 is 27.4 Å². The number of pyridine rings is 1. The van der Waals surface area contributed by atoms with Crippen molar-refractivity contribution in [2.24, 2.45) is 0 Å². The Bertz CT molecular complexity index is 1290. The van der Waals surface area contributed by atoms with E-state index in [4.69, 9.17) is 0 Å². The van der Waals surface area contributed by atoms with Crippen LogP contribution < -0.4 is 9.21 Å². The highest BCUT2D eigenvalue weighted by molar-refractivity contribution is 7.93. The second-order valence-corrected chi connectivity index (χ2v) is 11.6. The van der Waals surface area contributed by atoms with Gasteiger partial charge in [-0.3, -0.25) is 9.10 Å². The summed E-state index contributed by atoms with van der Waals surface area (Å²) in [5.74, 6) is -0.747. The van der Waals surface area contributed by atoms with Crippen LogP contribution in [0.2, 0.25) is 0 Å². The largest absolute Gasteiger partial charge is 0.417 e. The Hall–Kier alpha value is -2.89. The number of nitrogens with zero attached hydrogens (tertiary/aromatic N) is 4. The molecule has 3 fully saturated rings. The van der Waals surface area contributed by atoms with Gasteiger partial charge in [-0.1, -0.05) is 0 Å². The summed E-state index contributed by atoms with van der Waals surface area (Å²) in [5.41, 5.74) is -0.142. The SMILES string of the molecule is C[C@@H]1CCS(=O)(=O)N1c1ccc(C(=O)N2CCN(c3ncc(C(F)(F)F)cc3C3CC3)CC2)c(F)c1. The number of benzene rings is 1. The first kappa shape index (κ1) is 24.8. The number of hydrogen-bond donors (Lipinski definition) is 0. The Morgan fingerprint density at radius 2 is 1.75 bits per heavy atom. The molecule has 1 aromatic heterocycles. The average molecular weight is 527 g/mol. The lowest BCUT2D eigenvalue weighted by Gasteiger charge is -2.36. The van der Waals surface area contributed by atoms with E-state index in [-0.39, 0.29) is 42.1 Å². The number of anilines is 2. The van der Waals surface area contributed by atoms with Gasteiger partial charge in [0.1, 0.15) is 11.6 Å². The van der Waals surface area contributed by atoms with Gasteiger partial charge in [0, 0.05) is 38.4 Å². The van der Waals surface area contributed by atoms with E-state index in [9.17, 15) is 30.8 Å². The highest BCUT2D eigenvalue weighted by atomic mass is 32.2. The quantitative estimate of drug-likeness (QED) is 0.563. The van der Waals surface area contributed by atoms with E-state index in [0.717, 1.165) is 25.1 Å². The summed E-state index contributed by atoms with van der Waals surface area (Å²) in [6.07, 6.45) is -1.53. The minimum Gasteiger partial charge on any atom is -0.353 e. The Balaban J connectivity index is 1.29. The number of amides is 1. The standard InChI is InChI=1S/C24H26F4N4O3S/c1-15-6-11-36(34,35)32(15)18-4-5-19(21(25)13-18)23(33)31-9-7-30(8-10-31)22-20(16-2-3-16)12-17(14-29-22)24(26,27)28/h4-5,12-16H,2-3,6-11H2,1H3/t15-/m1/s1. The zero-order valence-corrected chi connectivity index (χ0v) is 20.4. The normalized spacial score (nSPS) is 22.2. The van der Waals surface area contributed by atoms with Crippen molar-refractivity contribution in [2.45, 2.75) is 44.3 Å². The minimum atomic E-state index is -4.46. The number of carbonyl (C=O) groups excluding carboxylic acids is 1. The number of carbonyl (C=O) groups is 1. The van der Waals surface area contributed by atoms with Crippen LogP contribution in [-0.2, 0) is 16.2 Å². The van der Waals surface area contributed by atoms with Crippen LogP contribution in [0.25, 0.3) is 0 Å². The third-order valence-corrected chi connectivity index (χ3v) is 8.96. The highest BCUT2D eigenvalue weighted by Crippen LogP contribution is 2.45. The van der Waals surface area contributed by atoms with Crippen molar-refractivity contribution in [3.05, 3.63) is 53.0 Å². The van der Waals surface area contributed by atoms with Crippen LogP contribution >= 0.6 is 0 Å². The second-order valence-electron chi connectivity index (χ2n) is 9.60. The Labute approximate surface area is 206 Å². The van der Waals surface area contributed by atoms with Gasteiger partial charge in [0.2, 0.25) is 10.0 Å². The summed E-state index contributed by atoms with van der Waals surface area (Å²) in [4.78, 5) is 20.5. The molecule has 0 spiro atoms. The molecule has 2 saturated heterocycles. The first-order valence-electron chi connectivity index (χ1n) is 11.9. The molecule has 1 amide bonds. The van der Waals surface area contributed by atoms with Gasteiger partial charge in [0.15, 0.2) is 0 Å². The molecule has 0 bridgehead atoms. The van der Waals surface area contributed by atoms with E-state index in [2.05, 4.69) is 4.98 Å². The van der Waals surface area contributed by atoms with Gasteiger partial charge in [0.25, 0.3) is 5.91 Å². The summed E-state index contributed by atoms with van der Waals surface area (Å²) >= 11 is 0. The molecule has 5 rings (SSSR count). The molecule has 36 heavy (non-hydrogen) atoms. The number of hydrogen-bond acceptors (Lipinski definition) is 5. The van der Waals surface area contributed by atoms with Gasteiger partial charge in [-0.05, 0) is 61.9 Å². The number of aromatic nitrogens is 1. The fourth-order valence-electron chi connectivity index (χ4n) is 4.92.